The largest absolute Gasteiger partial charge is 0.386 e. The number of nitrogens with zero attached hydrogens (tertiary/aromatic N) is 3. The molecule has 3 N–H and O–H groups in total. The lowest BCUT2D eigenvalue weighted by Gasteiger charge is -2.47. The number of benzene rings is 1. The summed E-state index contributed by atoms with van der Waals surface area (Å²) < 4.78 is 39.7. The number of hydrogen-bond donors (Lipinski definition) is 2. The summed E-state index contributed by atoms with van der Waals surface area (Å²) in [5, 5.41) is 11.9. The van der Waals surface area contributed by atoms with Crippen molar-refractivity contribution in [3.05, 3.63) is 64.2 Å². The Kier molecular flexibility index (Phi) is 5.14. The molecule has 0 unspecified atom stereocenters. The third-order valence-corrected chi connectivity index (χ3v) is 8.80. The van der Waals surface area contributed by atoms with Gasteiger partial charge in [-0.1, -0.05) is 6.07 Å². The zero-order chi connectivity index (χ0) is 23.3. The van der Waals surface area contributed by atoms with Gasteiger partial charge in [0, 0.05) is 31.3 Å². The van der Waals surface area contributed by atoms with Gasteiger partial charge in [0.15, 0.2) is 20.4 Å². The van der Waals surface area contributed by atoms with Crippen LogP contribution in [0.4, 0.5) is 4.39 Å². The molecule has 0 amide bonds. The van der Waals surface area contributed by atoms with Crippen molar-refractivity contribution in [3.63, 3.8) is 0 Å². The fourth-order valence-electron chi connectivity index (χ4n) is 4.25. The van der Waals surface area contributed by atoms with Crippen LogP contribution in [0.3, 0.4) is 0 Å². The molecule has 1 saturated heterocycles. The molecule has 1 atom stereocenters. The van der Waals surface area contributed by atoms with Crippen LogP contribution in [0.5, 0.6) is 0 Å². The van der Waals surface area contributed by atoms with E-state index >= 15 is 0 Å². The van der Waals surface area contributed by atoms with Crippen molar-refractivity contribution in [2.24, 2.45) is 10.7 Å². The van der Waals surface area contributed by atoms with Crippen LogP contribution in [0.15, 0.2) is 35.5 Å². The first-order valence-electron chi connectivity index (χ1n) is 9.99. The van der Waals surface area contributed by atoms with Gasteiger partial charge in [0.1, 0.15) is 29.0 Å². The summed E-state index contributed by atoms with van der Waals surface area (Å²) in [7, 11) is -3.69. The lowest BCUT2D eigenvalue weighted by Crippen LogP contribution is -2.73. The molecular formula is C22H22FN5O3S. The van der Waals surface area contributed by atoms with E-state index in [-0.39, 0.29) is 48.1 Å². The van der Waals surface area contributed by atoms with Gasteiger partial charge < -0.3 is 11.1 Å². The van der Waals surface area contributed by atoms with Gasteiger partial charge in [-0.2, -0.15) is 5.26 Å². The number of Topliss-reactive ketones (excluding diaryl/α,β-unsaturated/α-hetero) is 1. The van der Waals surface area contributed by atoms with E-state index in [1.54, 1.807) is 13.0 Å². The summed E-state index contributed by atoms with van der Waals surface area (Å²) in [5.74, 6) is -1.32. The third-order valence-electron chi connectivity index (χ3n) is 6.17. The maximum absolute atomic E-state index is 14.8. The fourth-order valence-corrected chi connectivity index (χ4v) is 6.50. The first kappa shape index (κ1) is 22.0. The topological polar surface area (TPSA) is 138 Å². The summed E-state index contributed by atoms with van der Waals surface area (Å²) in [6, 6.07) is 7.69. The highest BCUT2D eigenvalue weighted by Gasteiger charge is 2.58. The van der Waals surface area contributed by atoms with E-state index in [4.69, 9.17) is 11.0 Å². The molecule has 1 fully saturated rings. The zero-order valence-electron chi connectivity index (χ0n) is 17.6. The predicted octanol–water partition coefficient (Wildman–Crippen LogP) is 1.17. The van der Waals surface area contributed by atoms with E-state index in [0.29, 0.717) is 16.7 Å². The second kappa shape index (κ2) is 7.46. The Hall–Kier alpha value is -3.16. The Labute approximate surface area is 185 Å². The summed E-state index contributed by atoms with van der Waals surface area (Å²) in [6.07, 6.45) is 1.26. The normalized spacial score (nSPS) is 23.1. The van der Waals surface area contributed by atoms with E-state index in [9.17, 15) is 17.6 Å². The maximum atomic E-state index is 14.8. The maximum Gasteiger partial charge on any atom is 0.185 e. The van der Waals surface area contributed by atoms with Crippen molar-refractivity contribution in [3.8, 4) is 6.07 Å². The number of aliphatic imine (C=N–C) groups is 1. The number of amidine groups is 1. The standard InChI is InChI=1S/C22H22FN5O3S/c1-13-5-15(8-24)9-27-19(13)18(29)7-14-3-4-17(23)16(6-14)21(2)12-32(30,31)22(10-26-11-22)20(25)28-21/h3-6,9,26H,7,10-12H2,1-2H3,(H2,25,28)/t21-/m0/s1. The highest BCUT2D eigenvalue weighted by Crippen LogP contribution is 2.39. The molecule has 10 heteroatoms. The van der Waals surface area contributed by atoms with Crippen LogP contribution in [-0.4, -0.2) is 48.6 Å². The minimum atomic E-state index is -3.69. The van der Waals surface area contributed by atoms with Gasteiger partial charge in [-0.05, 0) is 43.2 Å². The second-order valence-electron chi connectivity index (χ2n) is 8.54. The number of carbonyl (C=O) groups excluding carboxylic acids is 1. The van der Waals surface area contributed by atoms with Gasteiger partial charge in [0.25, 0.3) is 0 Å². The van der Waals surface area contributed by atoms with Gasteiger partial charge in [0.05, 0.1) is 11.3 Å². The van der Waals surface area contributed by atoms with E-state index in [1.165, 1.54) is 31.3 Å². The van der Waals surface area contributed by atoms with Crippen molar-refractivity contribution in [1.29, 1.82) is 5.26 Å². The average Bonchev–Trinajstić information content (AvgIpc) is 2.66. The number of halogens is 1. The molecule has 1 aromatic heterocycles. The Bertz CT molecular complexity index is 1310. The molecule has 32 heavy (non-hydrogen) atoms. The van der Waals surface area contributed by atoms with Crippen LogP contribution in [0.2, 0.25) is 0 Å². The van der Waals surface area contributed by atoms with Crippen LogP contribution in [0.25, 0.3) is 0 Å². The molecular weight excluding hydrogens is 433 g/mol. The molecule has 0 aliphatic carbocycles. The molecule has 8 nitrogen and oxygen atoms in total. The van der Waals surface area contributed by atoms with Gasteiger partial charge in [-0.3, -0.25) is 14.8 Å². The molecule has 166 valence electrons. The summed E-state index contributed by atoms with van der Waals surface area (Å²) in [4.78, 5) is 21.3. The number of nitrogens with two attached hydrogens (primary N) is 1. The zero-order valence-corrected chi connectivity index (χ0v) is 18.5. The van der Waals surface area contributed by atoms with Gasteiger partial charge in [-0.15, -0.1) is 0 Å². The van der Waals surface area contributed by atoms with Crippen LogP contribution in [-0.2, 0) is 21.8 Å². The van der Waals surface area contributed by atoms with Crippen molar-refractivity contribution in [2.45, 2.75) is 30.6 Å². The minimum absolute atomic E-state index is 0.0247. The number of rotatable bonds is 4. The van der Waals surface area contributed by atoms with Crippen LogP contribution in [0.1, 0.15) is 39.7 Å². The van der Waals surface area contributed by atoms with Crippen molar-refractivity contribution >= 4 is 21.5 Å². The van der Waals surface area contributed by atoms with Crippen molar-refractivity contribution in [1.82, 2.24) is 10.3 Å². The average molecular weight is 456 g/mol. The highest BCUT2D eigenvalue weighted by atomic mass is 32.2. The first-order valence-corrected chi connectivity index (χ1v) is 11.6. The van der Waals surface area contributed by atoms with Gasteiger partial charge >= 0.3 is 0 Å². The molecule has 2 aliphatic heterocycles. The number of pyridine rings is 1. The second-order valence-corrected chi connectivity index (χ2v) is 10.8. The number of aromatic nitrogens is 1. The minimum Gasteiger partial charge on any atom is -0.386 e. The van der Waals surface area contributed by atoms with Crippen molar-refractivity contribution < 1.29 is 17.6 Å². The predicted molar refractivity (Wildman–Crippen MR) is 116 cm³/mol. The SMILES string of the molecule is Cc1cc(C#N)cnc1C(=O)Cc1ccc(F)c([C@]2(C)CS(=O)(=O)C3(CNC3)C(N)=N2)c1. The molecule has 0 bridgehead atoms. The lowest BCUT2D eigenvalue weighted by molar-refractivity contribution is 0.0987. The number of sulfone groups is 1. The molecule has 1 aromatic carbocycles. The summed E-state index contributed by atoms with van der Waals surface area (Å²) in [6.45, 7) is 3.60. The smallest absolute Gasteiger partial charge is 0.185 e. The molecule has 0 radical (unpaired) electrons. The number of aryl methyl sites for hydroxylation is 1. The van der Waals surface area contributed by atoms with Gasteiger partial charge in [-0.25, -0.2) is 12.8 Å². The van der Waals surface area contributed by atoms with E-state index < -0.39 is 25.9 Å². The number of carbonyl (C=O) groups is 1. The molecule has 3 heterocycles. The van der Waals surface area contributed by atoms with Gasteiger partial charge in [0.2, 0.25) is 0 Å². The third kappa shape index (κ3) is 3.38. The number of nitrogens with one attached hydrogen (secondary N) is 1. The fraction of sp³-hybridized carbons (Fsp3) is 0.364. The summed E-state index contributed by atoms with van der Waals surface area (Å²) in [5.41, 5.74) is 6.37. The molecule has 1 spiro atoms. The Balaban J connectivity index is 1.68. The highest BCUT2D eigenvalue weighted by molar-refractivity contribution is 7.93. The Morgan fingerprint density at radius 2 is 2.06 bits per heavy atom. The first-order chi connectivity index (χ1) is 15.0. The number of ketones is 1. The molecule has 0 saturated carbocycles. The van der Waals surface area contributed by atoms with Crippen LogP contribution >= 0.6 is 0 Å². The van der Waals surface area contributed by atoms with E-state index in [2.05, 4.69) is 15.3 Å². The number of nitriles is 1. The van der Waals surface area contributed by atoms with Crippen LogP contribution < -0.4 is 11.1 Å². The van der Waals surface area contributed by atoms with E-state index in [0.717, 1.165) is 0 Å². The lowest BCUT2D eigenvalue weighted by atomic mass is 9.89. The molecule has 4 rings (SSSR count). The Morgan fingerprint density at radius 3 is 2.62 bits per heavy atom. The van der Waals surface area contributed by atoms with Crippen LogP contribution in [0, 0.1) is 24.1 Å². The molecule has 2 aliphatic rings. The van der Waals surface area contributed by atoms with E-state index in [1.807, 2.05) is 6.07 Å². The Morgan fingerprint density at radius 1 is 1.34 bits per heavy atom. The number of hydrogen-bond acceptors (Lipinski definition) is 8. The quantitative estimate of drug-likeness (QED) is 0.660. The molecule has 2 aromatic rings. The summed E-state index contributed by atoms with van der Waals surface area (Å²) >= 11 is 0. The monoisotopic (exact) mass is 455 g/mol. The van der Waals surface area contributed by atoms with Crippen molar-refractivity contribution in [2.75, 3.05) is 18.8 Å².